The van der Waals surface area contributed by atoms with Crippen LogP contribution in [-0.2, 0) is 31.9 Å². The van der Waals surface area contributed by atoms with E-state index in [0.29, 0.717) is 26.1 Å². The molecule has 2 unspecified atom stereocenters. The normalized spacial score (nSPS) is 12.7. The molecule has 0 aliphatic heterocycles. The first-order valence-electron chi connectivity index (χ1n) is 11.0. The molecule has 7 heteroatoms. The first kappa shape index (κ1) is 25.2. The minimum absolute atomic E-state index is 0.170. The first-order chi connectivity index (χ1) is 15.3. The third-order valence-corrected chi connectivity index (χ3v) is 5.10. The lowest BCUT2D eigenvalue weighted by Crippen LogP contribution is -2.34. The predicted octanol–water partition coefficient (Wildman–Crippen LogP) is 3.49. The van der Waals surface area contributed by atoms with Gasteiger partial charge in [-0.2, -0.15) is 0 Å². The molecule has 0 radical (unpaired) electrons. The van der Waals surface area contributed by atoms with Crippen molar-refractivity contribution in [3.05, 3.63) is 59.7 Å². The largest absolute Gasteiger partial charge is 0.508 e. The maximum Gasteiger partial charge on any atom is 0.323 e. The molecule has 0 bridgehead atoms. The summed E-state index contributed by atoms with van der Waals surface area (Å²) in [6.07, 6.45) is 4.14. The SMILES string of the molecule is CC(Cc1ccc(O)cc1)C(=O)OCCCCCCOC(=O)C(N)Cc1ccc(O)cc1. The molecule has 0 spiro atoms. The van der Waals surface area contributed by atoms with E-state index in [2.05, 4.69) is 0 Å². The van der Waals surface area contributed by atoms with Crippen LogP contribution in [0.4, 0.5) is 0 Å². The highest BCUT2D eigenvalue weighted by atomic mass is 16.5. The molecule has 0 saturated heterocycles. The Hall–Kier alpha value is -3.06. The van der Waals surface area contributed by atoms with E-state index in [0.717, 1.165) is 36.8 Å². The predicted molar refractivity (Wildman–Crippen MR) is 121 cm³/mol. The molecule has 2 aromatic rings. The molecular formula is C25H33NO6. The zero-order valence-electron chi connectivity index (χ0n) is 18.5. The van der Waals surface area contributed by atoms with E-state index in [1.54, 1.807) is 48.5 Å². The van der Waals surface area contributed by atoms with Crippen molar-refractivity contribution < 1.29 is 29.3 Å². The van der Waals surface area contributed by atoms with Gasteiger partial charge < -0.3 is 25.4 Å². The van der Waals surface area contributed by atoms with Crippen molar-refractivity contribution >= 4 is 11.9 Å². The lowest BCUT2D eigenvalue weighted by Gasteiger charge is -2.12. The fourth-order valence-electron chi connectivity index (χ4n) is 3.19. The van der Waals surface area contributed by atoms with Gasteiger partial charge in [0.05, 0.1) is 19.1 Å². The number of hydrogen-bond donors (Lipinski definition) is 3. The number of hydrogen-bond acceptors (Lipinski definition) is 7. The molecule has 0 aromatic heterocycles. The number of phenols is 2. The van der Waals surface area contributed by atoms with E-state index in [9.17, 15) is 19.8 Å². The van der Waals surface area contributed by atoms with Crippen molar-refractivity contribution in [1.29, 1.82) is 0 Å². The second-order valence-corrected chi connectivity index (χ2v) is 8.00. The third-order valence-electron chi connectivity index (χ3n) is 5.10. The highest BCUT2D eigenvalue weighted by Gasteiger charge is 2.16. The molecule has 174 valence electrons. The lowest BCUT2D eigenvalue weighted by atomic mass is 10.0. The van der Waals surface area contributed by atoms with Gasteiger partial charge in [0.25, 0.3) is 0 Å². The van der Waals surface area contributed by atoms with Gasteiger partial charge in [-0.15, -0.1) is 0 Å². The Kier molecular flexibility index (Phi) is 10.5. The molecular weight excluding hydrogens is 410 g/mol. The zero-order chi connectivity index (χ0) is 23.3. The van der Waals surface area contributed by atoms with Crippen LogP contribution in [0.5, 0.6) is 11.5 Å². The Balaban J connectivity index is 1.49. The van der Waals surface area contributed by atoms with Crippen LogP contribution in [0.15, 0.2) is 48.5 Å². The molecule has 2 aromatic carbocycles. The second kappa shape index (κ2) is 13.4. The number of carbonyl (C=O) groups excluding carboxylic acids is 2. The van der Waals surface area contributed by atoms with Crippen LogP contribution < -0.4 is 5.73 Å². The zero-order valence-corrected chi connectivity index (χ0v) is 18.5. The van der Waals surface area contributed by atoms with Gasteiger partial charge in [-0.05, 0) is 73.9 Å². The summed E-state index contributed by atoms with van der Waals surface area (Å²) in [6.45, 7) is 2.51. The maximum atomic E-state index is 12.1. The highest BCUT2D eigenvalue weighted by Crippen LogP contribution is 2.15. The van der Waals surface area contributed by atoms with Crippen LogP contribution in [0.1, 0.15) is 43.7 Å². The Bertz CT molecular complexity index is 763. The number of benzene rings is 2. The van der Waals surface area contributed by atoms with Crippen LogP contribution in [-0.4, -0.2) is 41.4 Å². The van der Waals surface area contributed by atoms with Crippen LogP contribution >= 0.6 is 0 Å². The summed E-state index contributed by atoms with van der Waals surface area (Å²) >= 11 is 0. The van der Waals surface area contributed by atoms with Gasteiger partial charge in [0.2, 0.25) is 0 Å². The topological polar surface area (TPSA) is 119 Å². The number of aromatic hydroxyl groups is 2. The molecule has 0 saturated carbocycles. The van der Waals surface area contributed by atoms with Gasteiger partial charge in [0.15, 0.2) is 0 Å². The van der Waals surface area contributed by atoms with E-state index in [1.807, 2.05) is 6.92 Å². The van der Waals surface area contributed by atoms with Crippen LogP contribution in [0, 0.1) is 5.92 Å². The minimum Gasteiger partial charge on any atom is -0.508 e. The molecule has 0 fully saturated rings. The number of phenolic OH excluding ortho intramolecular Hbond substituents is 2. The van der Waals surface area contributed by atoms with E-state index in [4.69, 9.17) is 15.2 Å². The number of esters is 2. The smallest absolute Gasteiger partial charge is 0.323 e. The molecule has 0 amide bonds. The average Bonchev–Trinajstić information content (AvgIpc) is 2.78. The molecule has 2 rings (SSSR count). The molecule has 2 atom stereocenters. The van der Waals surface area contributed by atoms with Gasteiger partial charge in [-0.25, -0.2) is 0 Å². The van der Waals surface area contributed by atoms with Gasteiger partial charge in [-0.3, -0.25) is 9.59 Å². The molecule has 0 aliphatic rings. The monoisotopic (exact) mass is 443 g/mol. The number of ether oxygens (including phenoxy) is 2. The molecule has 4 N–H and O–H groups in total. The van der Waals surface area contributed by atoms with E-state index < -0.39 is 12.0 Å². The van der Waals surface area contributed by atoms with Gasteiger partial charge >= 0.3 is 11.9 Å². The number of unbranched alkanes of at least 4 members (excludes halogenated alkanes) is 3. The highest BCUT2D eigenvalue weighted by molar-refractivity contribution is 5.75. The lowest BCUT2D eigenvalue weighted by molar-refractivity contribution is -0.148. The van der Waals surface area contributed by atoms with Crippen molar-refractivity contribution in [2.45, 2.75) is 51.5 Å². The summed E-state index contributed by atoms with van der Waals surface area (Å²) in [7, 11) is 0. The molecule has 32 heavy (non-hydrogen) atoms. The van der Waals surface area contributed by atoms with Crippen LogP contribution in [0.2, 0.25) is 0 Å². The second-order valence-electron chi connectivity index (χ2n) is 8.00. The molecule has 0 aliphatic carbocycles. The third kappa shape index (κ3) is 9.39. The van der Waals surface area contributed by atoms with Crippen LogP contribution in [0.3, 0.4) is 0 Å². The van der Waals surface area contributed by atoms with Gasteiger partial charge in [-0.1, -0.05) is 31.2 Å². The summed E-state index contributed by atoms with van der Waals surface area (Å²) < 4.78 is 10.6. The standard InChI is InChI=1S/C25H33NO6/c1-18(16-19-6-10-21(27)11-7-19)24(29)31-14-4-2-3-5-15-32-25(30)23(26)17-20-8-12-22(28)13-9-20/h6-13,18,23,27-28H,2-5,14-17,26H2,1H3. The van der Waals surface area contributed by atoms with E-state index in [-0.39, 0.29) is 23.4 Å². The first-order valence-corrected chi connectivity index (χ1v) is 11.0. The number of rotatable bonds is 13. The van der Waals surface area contributed by atoms with E-state index >= 15 is 0 Å². The maximum absolute atomic E-state index is 12.1. The van der Waals surface area contributed by atoms with Crippen LogP contribution in [0.25, 0.3) is 0 Å². The Morgan fingerprint density at radius 1 is 0.750 bits per heavy atom. The summed E-state index contributed by atoms with van der Waals surface area (Å²) in [5, 5.41) is 18.6. The Morgan fingerprint density at radius 2 is 1.19 bits per heavy atom. The molecule has 0 heterocycles. The van der Waals surface area contributed by atoms with Crippen molar-refractivity contribution in [2.75, 3.05) is 13.2 Å². The Morgan fingerprint density at radius 3 is 1.69 bits per heavy atom. The number of nitrogens with two attached hydrogens (primary N) is 1. The van der Waals surface area contributed by atoms with Crippen molar-refractivity contribution in [3.8, 4) is 11.5 Å². The summed E-state index contributed by atoms with van der Waals surface area (Å²) in [5.74, 6) is -0.534. The quantitative estimate of drug-likeness (QED) is 0.320. The van der Waals surface area contributed by atoms with Crippen molar-refractivity contribution in [3.63, 3.8) is 0 Å². The van der Waals surface area contributed by atoms with E-state index in [1.165, 1.54) is 0 Å². The fourth-order valence-corrected chi connectivity index (χ4v) is 3.19. The fraction of sp³-hybridized carbons (Fsp3) is 0.440. The Labute approximate surface area is 189 Å². The minimum atomic E-state index is -0.734. The summed E-state index contributed by atoms with van der Waals surface area (Å²) in [5.41, 5.74) is 7.72. The average molecular weight is 444 g/mol. The summed E-state index contributed by atoms with van der Waals surface area (Å²) in [6, 6.07) is 12.6. The van der Waals surface area contributed by atoms with Gasteiger partial charge in [0.1, 0.15) is 17.5 Å². The van der Waals surface area contributed by atoms with Crippen molar-refractivity contribution in [2.24, 2.45) is 11.7 Å². The summed E-state index contributed by atoms with van der Waals surface area (Å²) in [4.78, 5) is 24.1. The number of carbonyl (C=O) groups is 2. The van der Waals surface area contributed by atoms with Gasteiger partial charge in [0, 0.05) is 0 Å². The van der Waals surface area contributed by atoms with Crippen molar-refractivity contribution in [1.82, 2.24) is 0 Å². The molecule has 7 nitrogen and oxygen atoms in total.